The van der Waals surface area contributed by atoms with Gasteiger partial charge in [-0.2, -0.15) is 0 Å². The molecule has 1 atom stereocenters. The highest BCUT2D eigenvalue weighted by Crippen LogP contribution is 2.17. The lowest BCUT2D eigenvalue weighted by Gasteiger charge is -2.12. The van der Waals surface area contributed by atoms with Crippen LogP contribution in [0.25, 0.3) is 0 Å². The third kappa shape index (κ3) is 3.08. The molecule has 1 aromatic carbocycles. The molecule has 0 aliphatic carbocycles. The van der Waals surface area contributed by atoms with E-state index in [1.165, 1.54) is 5.56 Å². The molecule has 15 heavy (non-hydrogen) atoms. The molecule has 0 unspecified atom stereocenters. The second-order valence-electron chi connectivity index (χ2n) is 4.12. The molecule has 1 N–H and O–H groups in total. The van der Waals surface area contributed by atoms with Gasteiger partial charge in [-0.25, -0.2) is 0 Å². The summed E-state index contributed by atoms with van der Waals surface area (Å²) in [6.07, 6.45) is 0.872. The number of amides is 1. The van der Waals surface area contributed by atoms with E-state index in [0.717, 1.165) is 17.7 Å². The SMILES string of the molecule is CC[C@H](C)C(=O)Nc1cc(C)ccc1C. The number of anilines is 1. The third-order valence-electron chi connectivity index (χ3n) is 2.71. The Morgan fingerprint density at radius 1 is 1.40 bits per heavy atom. The molecule has 0 fully saturated rings. The van der Waals surface area contributed by atoms with Gasteiger partial charge in [-0.1, -0.05) is 26.0 Å². The first-order valence-electron chi connectivity index (χ1n) is 5.42. The number of benzene rings is 1. The van der Waals surface area contributed by atoms with Gasteiger partial charge in [0.05, 0.1) is 0 Å². The van der Waals surface area contributed by atoms with Crippen molar-refractivity contribution in [1.82, 2.24) is 0 Å². The number of carbonyl (C=O) groups is 1. The van der Waals surface area contributed by atoms with Crippen LogP contribution < -0.4 is 5.32 Å². The normalized spacial score (nSPS) is 12.3. The first-order chi connectivity index (χ1) is 7.04. The second kappa shape index (κ2) is 4.96. The van der Waals surface area contributed by atoms with Crippen molar-refractivity contribution in [1.29, 1.82) is 0 Å². The number of aryl methyl sites for hydroxylation is 2. The monoisotopic (exact) mass is 205 g/mol. The van der Waals surface area contributed by atoms with Gasteiger partial charge in [0.15, 0.2) is 0 Å². The molecule has 2 nitrogen and oxygen atoms in total. The highest BCUT2D eigenvalue weighted by Gasteiger charge is 2.11. The summed E-state index contributed by atoms with van der Waals surface area (Å²) in [4.78, 5) is 11.7. The van der Waals surface area contributed by atoms with Gasteiger partial charge in [-0.15, -0.1) is 0 Å². The zero-order valence-electron chi connectivity index (χ0n) is 9.92. The minimum absolute atomic E-state index is 0.0740. The van der Waals surface area contributed by atoms with Crippen LogP contribution in [0.1, 0.15) is 31.4 Å². The molecule has 82 valence electrons. The maximum atomic E-state index is 11.7. The van der Waals surface area contributed by atoms with Gasteiger partial charge in [-0.3, -0.25) is 4.79 Å². The molecule has 1 aromatic rings. The molecule has 0 aliphatic rings. The Bertz CT molecular complexity index is 358. The van der Waals surface area contributed by atoms with Crippen molar-refractivity contribution in [3.05, 3.63) is 29.3 Å². The van der Waals surface area contributed by atoms with E-state index in [-0.39, 0.29) is 11.8 Å². The molecule has 0 saturated carbocycles. The fourth-order valence-corrected chi connectivity index (χ4v) is 1.31. The van der Waals surface area contributed by atoms with Gasteiger partial charge >= 0.3 is 0 Å². The molecular formula is C13H19NO. The van der Waals surface area contributed by atoms with Crippen LogP contribution in [0.5, 0.6) is 0 Å². The van der Waals surface area contributed by atoms with Gasteiger partial charge in [-0.05, 0) is 37.5 Å². The van der Waals surface area contributed by atoms with Crippen molar-refractivity contribution in [3.63, 3.8) is 0 Å². The quantitative estimate of drug-likeness (QED) is 0.806. The molecule has 0 heterocycles. The summed E-state index contributed by atoms with van der Waals surface area (Å²) < 4.78 is 0. The van der Waals surface area contributed by atoms with Crippen LogP contribution in [0.4, 0.5) is 5.69 Å². The largest absolute Gasteiger partial charge is 0.326 e. The second-order valence-corrected chi connectivity index (χ2v) is 4.12. The maximum Gasteiger partial charge on any atom is 0.227 e. The summed E-state index contributed by atoms with van der Waals surface area (Å²) in [5, 5.41) is 2.96. The Labute approximate surface area is 91.7 Å². The first-order valence-corrected chi connectivity index (χ1v) is 5.42. The van der Waals surface area contributed by atoms with E-state index in [1.54, 1.807) is 0 Å². The van der Waals surface area contributed by atoms with Gasteiger partial charge in [0, 0.05) is 11.6 Å². The van der Waals surface area contributed by atoms with E-state index in [0.29, 0.717) is 0 Å². The summed E-state index contributed by atoms with van der Waals surface area (Å²) in [5.41, 5.74) is 3.21. The zero-order valence-corrected chi connectivity index (χ0v) is 9.92. The summed E-state index contributed by atoms with van der Waals surface area (Å²) in [5.74, 6) is 0.177. The molecule has 0 radical (unpaired) electrons. The summed E-state index contributed by atoms with van der Waals surface area (Å²) >= 11 is 0. The van der Waals surface area contributed by atoms with Crippen LogP contribution in [0.15, 0.2) is 18.2 Å². The van der Waals surface area contributed by atoms with E-state index in [2.05, 4.69) is 5.32 Å². The van der Waals surface area contributed by atoms with Gasteiger partial charge in [0.2, 0.25) is 5.91 Å². The fourth-order valence-electron chi connectivity index (χ4n) is 1.31. The van der Waals surface area contributed by atoms with E-state index in [9.17, 15) is 4.79 Å². The Balaban J connectivity index is 2.80. The van der Waals surface area contributed by atoms with E-state index < -0.39 is 0 Å². The molecule has 0 saturated heterocycles. The smallest absolute Gasteiger partial charge is 0.227 e. The van der Waals surface area contributed by atoms with Crippen LogP contribution in [-0.2, 0) is 4.79 Å². The molecule has 2 heteroatoms. The standard InChI is InChI=1S/C13H19NO/c1-5-10(3)13(15)14-12-8-9(2)6-7-11(12)4/h6-8,10H,5H2,1-4H3,(H,14,15)/t10-/m0/s1. The van der Waals surface area contributed by atoms with Gasteiger partial charge in [0.1, 0.15) is 0 Å². The lowest BCUT2D eigenvalue weighted by Crippen LogP contribution is -2.20. The highest BCUT2D eigenvalue weighted by atomic mass is 16.1. The average Bonchev–Trinajstić information content (AvgIpc) is 2.22. The predicted octanol–water partition coefficient (Wildman–Crippen LogP) is 3.29. The Kier molecular flexibility index (Phi) is 3.89. The maximum absolute atomic E-state index is 11.7. The number of rotatable bonds is 3. The van der Waals surface area contributed by atoms with Crippen LogP contribution in [0.3, 0.4) is 0 Å². The fraction of sp³-hybridized carbons (Fsp3) is 0.462. The van der Waals surface area contributed by atoms with Crippen molar-refractivity contribution in [3.8, 4) is 0 Å². The number of hydrogen-bond donors (Lipinski definition) is 1. The minimum Gasteiger partial charge on any atom is -0.326 e. The van der Waals surface area contributed by atoms with Gasteiger partial charge in [0.25, 0.3) is 0 Å². The number of nitrogens with one attached hydrogen (secondary N) is 1. The number of carbonyl (C=O) groups excluding carboxylic acids is 1. The predicted molar refractivity (Wildman–Crippen MR) is 64.0 cm³/mol. The lowest BCUT2D eigenvalue weighted by molar-refractivity contribution is -0.119. The van der Waals surface area contributed by atoms with Crippen LogP contribution in [-0.4, -0.2) is 5.91 Å². The van der Waals surface area contributed by atoms with Crippen LogP contribution in [0, 0.1) is 19.8 Å². The summed E-state index contributed by atoms with van der Waals surface area (Å²) in [6.45, 7) is 8.00. The molecule has 1 amide bonds. The summed E-state index contributed by atoms with van der Waals surface area (Å²) in [6, 6.07) is 6.09. The lowest BCUT2D eigenvalue weighted by atomic mass is 10.1. The Morgan fingerprint density at radius 2 is 2.07 bits per heavy atom. The van der Waals surface area contributed by atoms with E-state index in [1.807, 2.05) is 45.9 Å². The minimum atomic E-state index is 0.0740. The van der Waals surface area contributed by atoms with E-state index in [4.69, 9.17) is 0 Å². The van der Waals surface area contributed by atoms with Crippen molar-refractivity contribution < 1.29 is 4.79 Å². The topological polar surface area (TPSA) is 29.1 Å². The molecule has 0 aromatic heterocycles. The van der Waals surface area contributed by atoms with Crippen molar-refractivity contribution >= 4 is 11.6 Å². The average molecular weight is 205 g/mol. The number of hydrogen-bond acceptors (Lipinski definition) is 1. The van der Waals surface area contributed by atoms with Crippen molar-refractivity contribution in [2.45, 2.75) is 34.1 Å². The molecule has 0 aliphatic heterocycles. The van der Waals surface area contributed by atoms with E-state index >= 15 is 0 Å². The van der Waals surface area contributed by atoms with Crippen LogP contribution >= 0.6 is 0 Å². The highest BCUT2D eigenvalue weighted by molar-refractivity contribution is 5.93. The van der Waals surface area contributed by atoms with Gasteiger partial charge < -0.3 is 5.32 Å². The molecule has 1 rings (SSSR count). The molecule has 0 bridgehead atoms. The van der Waals surface area contributed by atoms with Crippen molar-refractivity contribution in [2.24, 2.45) is 5.92 Å². The summed E-state index contributed by atoms with van der Waals surface area (Å²) in [7, 11) is 0. The van der Waals surface area contributed by atoms with Crippen LogP contribution in [0.2, 0.25) is 0 Å². The zero-order chi connectivity index (χ0) is 11.4. The van der Waals surface area contributed by atoms with Crippen molar-refractivity contribution in [2.75, 3.05) is 5.32 Å². The Hall–Kier alpha value is -1.31. The first kappa shape index (κ1) is 11.8. The molecule has 0 spiro atoms. The molecular weight excluding hydrogens is 186 g/mol. The third-order valence-corrected chi connectivity index (χ3v) is 2.71. The Morgan fingerprint density at radius 3 is 2.67 bits per heavy atom.